The van der Waals surface area contributed by atoms with Crippen molar-refractivity contribution in [2.45, 2.75) is 17.7 Å². The van der Waals surface area contributed by atoms with Crippen LogP contribution in [0.1, 0.15) is 12.8 Å². The molecule has 1 aliphatic heterocycles. The van der Waals surface area contributed by atoms with Crippen molar-refractivity contribution in [1.29, 1.82) is 0 Å². The minimum atomic E-state index is -3.69. The Labute approximate surface area is 229 Å². The van der Waals surface area contributed by atoms with E-state index in [1.54, 1.807) is 29.5 Å². The van der Waals surface area contributed by atoms with Crippen LogP contribution in [-0.2, 0) is 14.8 Å². The molecular formula is C27H23Cl2N3O3S2. The van der Waals surface area contributed by atoms with Gasteiger partial charge in [-0.15, -0.1) is 11.3 Å². The van der Waals surface area contributed by atoms with Crippen LogP contribution in [0.3, 0.4) is 0 Å². The largest absolute Gasteiger partial charge is 0.326 e. The Morgan fingerprint density at radius 3 is 2.24 bits per heavy atom. The van der Waals surface area contributed by atoms with E-state index in [9.17, 15) is 13.2 Å². The molecule has 0 spiro atoms. The quantitative estimate of drug-likeness (QED) is 0.275. The molecule has 190 valence electrons. The first-order valence-electron chi connectivity index (χ1n) is 11.7. The van der Waals surface area contributed by atoms with Gasteiger partial charge in [0.1, 0.15) is 9.90 Å². The average molecular weight is 573 g/mol. The van der Waals surface area contributed by atoms with Gasteiger partial charge in [0, 0.05) is 46.2 Å². The maximum atomic E-state index is 13.0. The van der Waals surface area contributed by atoms with Crippen LogP contribution in [0.2, 0.25) is 10.0 Å². The molecule has 0 saturated carbocycles. The number of nitrogens with zero attached hydrogens (tertiary/aromatic N) is 2. The number of thiazole rings is 1. The summed E-state index contributed by atoms with van der Waals surface area (Å²) in [5, 5.41) is 6.74. The maximum absolute atomic E-state index is 13.0. The number of carbonyl (C=O) groups excluding carboxylic acids is 1. The van der Waals surface area contributed by atoms with Crippen molar-refractivity contribution >= 4 is 56.2 Å². The minimum Gasteiger partial charge on any atom is -0.326 e. The maximum Gasteiger partial charge on any atom is 0.244 e. The zero-order chi connectivity index (χ0) is 26.0. The van der Waals surface area contributed by atoms with E-state index < -0.39 is 10.0 Å². The van der Waals surface area contributed by atoms with Crippen molar-refractivity contribution in [2.75, 3.05) is 18.4 Å². The third-order valence-electron chi connectivity index (χ3n) is 6.32. The molecule has 1 amide bonds. The molecule has 1 aromatic heterocycles. The highest BCUT2D eigenvalue weighted by Crippen LogP contribution is 2.31. The third kappa shape index (κ3) is 5.73. The summed E-state index contributed by atoms with van der Waals surface area (Å²) in [6.07, 6.45) is 0.889. The summed E-state index contributed by atoms with van der Waals surface area (Å²) in [7, 11) is -3.69. The van der Waals surface area contributed by atoms with Gasteiger partial charge >= 0.3 is 0 Å². The minimum absolute atomic E-state index is 0.0974. The van der Waals surface area contributed by atoms with Crippen molar-refractivity contribution in [2.24, 2.45) is 5.92 Å². The summed E-state index contributed by atoms with van der Waals surface area (Å²) in [4.78, 5) is 17.7. The Balaban J connectivity index is 1.18. The number of halogens is 2. The molecule has 3 aromatic carbocycles. The Hall–Kier alpha value is -2.75. The fraction of sp³-hybridized carbons (Fsp3) is 0.185. The van der Waals surface area contributed by atoms with Crippen molar-refractivity contribution in [3.05, 3.63) is 88.2 Å². The molecule has 0 radical (unpaired) electrons. The van der Waals surface area contributed by atoms with Crippen LogP contribution in [0.4, 0.5) is 5.69 Å². The van der Waals surface area contributed by atoms with Gasteiger partial charge in [-0.3, -0.25) is 4.79 Å². The first-order chi connectivity index (χ1) is 17.8. The number of rotatable bonds is 6. The van der Waals surface area contributed by atoms with Crippen molar-refractivity contribution in [1.82, 2.24) is 9.29 Å². The van der Waals surface area contributed by atoms with E-state index in [0.29, 0.717) is 23.6 Å². The second-order valence-electron chi connectivity index (χ2n) is 8.72. The third-order valence-corrected chi connectivity index (χ3v) is 9.86. The predicted octanol–water partition coefficient (Wildman–Crippen LogP) is 6.82. The number of amides is 1. The summed E-state index contributed by atoms with van der Waals surface area (Å²) in [6.45, 7) is 0.537. The highest BCUT2D eigenvalue weighted by atomic mass is 35.5. The van der Waals surface area contributed by atoms with Gasteiger partial charge in [-0.2, -0.15) is 4.31 Å². The molecule has 0 unspecified atom stereocenters. The molecule has 1 aliphatic rings. The van der Waals surface area contributed by atoms with Crippen LogP contribution < -0.4 is 5.32 Å². The summed E-state index contributed by atoms with van der Waals surface area (Å²) in [6, 6.07) is 21.5. The van der Waals surface area contributed by atoms with Gasteiger partial charge in [0.15, 0.2) is 0 Å². The molecule has 4 aromatic rings. The average Bonchev–Trinajstić information content (AvgIpc) is 3.40. The molecule has 10 heteroatoms. The number of hydrogen-bond acceptors (Lipinski definition) is 5. The second kappa shape index (κ2) is 10.9. The lowest BCUT2D eigenvalue weighted by Crippen LogP contribution is -2.41. The number of hydrogen-bond donors (Lipinski definition) is 1. The fourth-order valence-electron chi connectivity index (χ4n) is 4.25. The van der Waals surface area contributed by atoms with Crippen LogP contribution in [0.25, 0.3) is 21.8 Å². The van der Waals surface area contributed by atoms with Gasteiger partial charge in [0.25, 0.3) is 0 Å². The van der Waals surface area contributed by atoms with E-state index in [2.05, 4.69) is 5.32 Å². The van der Waals surface area contributed by atoms with Crippen LogP contribution in [0.15, 0.2) is 83.1 Å². The van der Waals surface area contributed by atoms with Crippen molar-refractivity contribution in [3.63, 3.8) is 0 Å². The lowest BCUT2D eigenvalue weighted by atomic mass is 9.97. The molecule has 1 N–H and O–H groups in total. The predicted molar refractivity (Wildman–Crippen MR) is 150 cm³/mol. The first-order valence-corrected chi connectivity index (χ1v) is 14.8. The van der Waals surface area contributed by atoms with Gasteiger partial charge in [-0.25, -0.2) is 13.4 Å². The van der Waals surface area contributed by atoms with Gasteiger partial charge in [0.05, 0.1) is 10.7 Å². The Kier molecular flexibility index (Phi) is 7.65. The van der Waals surface area contributed by atoms with E-state index in [1.807, 2.05) is 53.9 Å². The summed E-state index contributed by atoms with van der Waals surface area (Å²) >= 11 is 13.6. The molecule has 6 nitrogen and oxygen atoms in total. The first kappa shape index (κ1) is 25.9. The summed E-state index contributed by atoms with van der Waals surface area (Å²) in [5.41, 5.74) is 3.54. The van der Waals surface area contributed by atoms with Gasteiger partial charge in [-0.1, -0.05) is 47.5 Å². The van der Waals surface area contributed by atoms with Gasteiger partial charge in [-0.05, 0) is 61.4 Å². The smallest absolute Gasteiger partial charge is 0.244 e. The summed E-state index contributed by atoms with van der Waals surface area (Å²) in [5.74, 6) is -0.375. The normalized spacial score (nSPS) is 15.0. The Morgan fingerprint density at radius 1 is 0.919 bits per heavy atom. The monoisotopic (exact) mass is 571 g/mol. The van der Waals surface area contributed by atoms with E-state index in [0.717, 1.165) is 21.8 Å². The topological polar surface area (TPSA) is 79.4 Å². The Bertz CT molecular complexity index is 1510. The molecule has 5 rings (SSSR count). The standard InChI is InChI=1S/C27H23Cl2N3O3S2/c28-21-9-5-18(6-10-21)24-17-36-27(31-24)20-7-11-22(12-8-20)30-26(33)19-13-15-32(16-14-19)37(34,35)25-4-2-1-3-23(25)29/h1-12,17,19H,13-16H2,(H,30,33). The van der Waals surface area contributed by atoms with Crippen LogP contribution in [0.5, 0.6) is 0 Å². The molecular weight excluding hydrogens is 549 g/mol. The Morgan fingerprint density at radius 2 is 1.57 bits per heavy atom. The fourth-order valence-corrected chi connectivity index (χ4v) is 7.18. The number of carbonyl (C=O) groups is 1. The lowest BCUT2D eigenvalue weighted by Gasteiger charge is -2.30. The van der Waals surface area contributed by atoms with Gasteiger partial charge in [0.2, 0.25) is 15.9 Å². The number of benzene rings is 3. The number of nitrogens with one attached hydrogen (secondary N) is 1. The van der Waals surface area contributed by atoms with Crippen LogP contribution in [0, 0.1) is 5.92 Å². The lowest BCUT2D eigenvalue weighted by molar-refractivity contribution is -0.120. The zero-order valence-corrected chi connectivity index (χ0v) is 22.7. The molecule has 0 aliphatic carbocycles. The number of anilines is 1. The molecule has 0 bridgehead atoms. The number of sulfonamides is 1. The molecule has 1 saturated heterocycles. The number of piperidine rings is 1. The van der Waals surface area contributed by atoms with Crippen molar-refractivity contribution in [3.8, 4) is 21.8 Å². The van der Waals surface area contributed by atoms with E-state index in [1.165, 1.54) is 10.4 Å². The van der Waals surface area contributed by atoms with Crippen molar-refractivity contribution < 1.29 is 13.2 Å². The van der Waals surface area contributed by atoms with Crippen LogP contribution >= 0.6 is 34.5 Å². The van der Waals surface area contributed by atoms with Gasteiger partial charge < -0.3 is 5.32 Å². The molecule has 2 heterocycles. The molecule has 37 heavy (non-hydrogen) atoms. The zero-order valence-electron chi connectivity index (χ0n) is 19.6. The van der Waals surface area contributed by atoms with E-state index in [4.69, 9.17) is 28.2 Å². The SMILES string of the molecule is O=C(Nc1ccc(-c2nc(-c3ccc(Cl)cc3)cs2)cc1)C1CCN(S(=O)(=O)c2ccccc2Cl)CC1. The molecule has 1 fully saturated rings. The number of aromatic nitrogens is 1. The molecule has 0 atom stereocenters. The van der Waals surface area contributed by atoms with Crippen LogP contribution in [-0.4, -0.2) is 36.7 Å². The second-order valence-corrected chi connectivity index (χ2v) is 12.3. The van der Waals surface area contributed by atoms with E-state index in [-0.39, 0.29) is 34.8 Å². The summed E-state index contributed by atoms with van der Waals surface area (Å²) < 4.78 is 27.3. The highest BCUT2D eigenvalue weighted by molar-refractivity contribution is 7.89. The van der Waals surface area contributed by atoms with E-state index >= 15 is 0 Å². The highest BCUT2D eigenvalue weighted by Gasteiger charge is 2.33.